The maximum Gasteiger partial charge on any atom is 0.298 e. The van der Waals surface area contributed by atoms with E-state index in [0.717, 1.165) is 27.7 Å². The molecule has 0 bridgehead atoms. The number of nitrogens with one attached hydrogen (secondary N) is 2. The number of anilines is 1. The molecule has 0 aliphatic rings. The highest BCUT2D eigenvalue weighted by molar-refractivity contribution is 7.14. The van der Waals surface area contributed by atoms with E-state index in [9.17, 15) is 9.59 Å². The number of thiazole rings is 1. The number of aromatic amines is 1. The van der Waals surface area contributed by atoms with E-state index in [1.165, 1.54) is 22.5 Å². The Labute approximate surface area is 172 Å². The van der Waals surface area contributed by atoms with Crippen molar-refractivity contribution in [3.63, 3.8) is 0 Å². The lowest BCUT2D eigenvalue weighted by atomic mass is 9.99. The lowest BCUT2D eigenvalue weighted by molar-refractivity contribution is -0.112. The molecule has 0 saturated heterocycles. The molecule has 4 rings (SSSR count). The Morgan fingerprint density at radius 2 is 1.72 bits per heavy atom. The van der Waals surface area contributed by atoms with Crippen molar-refractivity contribution in [3.8, 4) is 11.3 Å². The smallest absolute Gasteiger partial charge is 0.298 e. The number of aryl methyl sites for hydroxylation is 4. The van der Waals surface area contributed by atoms with Crippen LogP contribution in [0.25, 0.3) is 22.2 Å². The normalized spacial score (nSPS) is 11.0. The minimum Gasteiger partial charge on any atom is -0.358 e. The Morgan fingerprint density at radius 3 is 2.52 bits per heavy atom. The average Bonchev–Trinajstić information content (AvgIpc) is 3.27. The van der Waals surface area contributed by atoms with Crippen LogP contribution in [-0.2, 0) is 4.79 Å². The molecule has 2 aromatic carbocycles. The summed E-state index contributed by atoms with van der Waals surface area (Å²) < 4.78 is 0. The van der Waals surface area contributed by atoms with Gasteiger partial charge in [0, 0.05) is 27.5 Å². The molecular formula is C23H21N3O2S. The van der Waals surface area contributed by atoms with E-state index in [4.69, 9.17) is 0 Å². The van der Waals surface area contributed by atoms with Crippen LogP contribution in [0, 0.1) is 27.7 Å². The van der Waals surface area contributed by atoms with Crippen molar-refractivity contribution in [2.24, 2.45) is 0 Å². The first-order valence-corrected chi connectivity index (χ1v) is 10.2. The molecule has 2 N–H and O–H groups in total. The van der Waals surface area contributed by atoms with Crippen molar-refractivity contribution in [3.05, 3.63) is 69.7 Å². The fourth-order valence-corrected chi connectivity index (χ4v) is 4.23. The van der Waals surface area contributed by atoms with Gasteiger partial charge in [-0.15, -0.1) is 11.3 Å². The van der Waals surface area contributed by atoms with E-state index >= 15 is 0 Å². The Kier molecular flexibility index (Phi) is 4.80. The number of benzene rings is 2. The fraction of sp³-hybridized carbons (Fsp3) is 0.174. The first kappa shape index (κ1) is 19.1. The molecular weight excluding hydrogens is 382 g/mol. The molecule has 2 aromatic heterocycles. The quantitative estimate of drug-likeness (QED) is 0.356. The highest BCUT2D eigenvalue weighted by atomic mass is 32.1. The number of H-pyrrole nitrogens is 1. The van der Waals surface area contributed by atoms with Crippen molar-refractivity contribution in [1.82, 2.24) is 9.97 Å². The number of fused-ring (bicyclic) bond motifs is 1. The van der Waals surface area contributed by atoms with Gasteiger partial charge in [-0.2, -0.15) is 0 Å². The number of carbonyl (C=O) groups is 2. The zero-order valence-electron chi connectivity index (χ0n) is 16.7. The van der Waals surface area contributed by atoms with Gasteiger partial charge in [0.05, 0.1) is 11.3 Å². The minimum atomic E-state index is -0.685. The molecule has 0 atom stereocenters. The topological polar surface area (TPSA) is 74.8 Å². The molecule has 4 aromatic rings. The van der Waals surface area contributed by atoms with E-state index in [1.54, 1.807) is 6.92 Å². The highest BCUT2D eigenvalue weighted by Crippen LogP contribution is 2.30. The van der Waals surface area contributed by atoms with Gasteiger partial charge in [0.25, 0.3) is 11.7 Å². The van der Waals surface area contributed by atoms with Gasteiger partial charge < -0.3 is 4.98 Å². The molecule has 1 amide bonds. The van der Waals surface area contributed by atoms with Crippen molar-refractivity contribution in [2.75, 3.05) is 5.32 Å². The molecule has 0 aliphatic carbocycles. The first-order valence-electron chi connectivity index (χ1n) is 9.32. The Hall–Kier alpha value is -3.25. The molecule has 0 saturated carbocycles. The summed E-state index contributed by atoms with van der Waals surface area (Å²) in [5, 5.41) is 5.72. The van der Waals surface area contributed by atoms with E-state index in [1.807, 2.05) is 36.6 Å². The molecule has 2 heterocycles. The lowest BCUT2D eigenvalue weighted by Crippen LogP contribution is -2.23. The lowest BCUT2D eigenvalue weighted by Gasteiger charge is -2.07. The number of carbonyl (C=O) groups excluding carboxylic acids is 2. The molecule has 29 heavy (non-hydrogen) atoms. The van der Waals surface area contributed by atoms with Crippen LogP contribution < -0.4 is 5.32 Å². The van der Waals surface area contributed by atoms with Crippen LogP contribution in [0.1, 0.15) is 32.7 Å². The number of ketones is 1. The average molecular weight is 404 g/mol. The summed E-state index contributed by atoms with van der Waals surface area (Å²) in [4.78, 5) is 33.1. The number of Topliss-reactive ketones (excluding diaryl/α,β-unsaturated/α-hetero) is 1. The van der Waals surface area contributed by atoms with Gasteiger partial charge in [-0.1, -0.05) is 24.3 Å². The van der Waals surface area contributed by atoms with Crippen molar-refractivity contribution in [2.45, 2.75) is 27.7 Å². The summed E-state index contributed by atoms with van der Waals surface area (Å²) in [6.07, 6.45) is 0. The van der Waals surface area contributed by atoms with Crippen LogP contribution >= 0.6 is 11.3 Å². The monoisotopic (exact) mass is 403 g/mol. The van der Waals surface area contributed by atoms with E-state index in [0.29, 0.717) is 16.4 Å². The van der Waals surface area contributed by atoms with Crippen molar-refractivity contribution < 1.29 is 9.59 Å². The van der Waals surface area contributed by atoms with Crippen LogP contribution in [0.5, 0.6) is 0 Å². The molecule has 0 aliphatic heterocycles. The third kappa shape index (κ3) is 3.47. The summed E-state index contributed by atoms with van der Waals surface area (Å²) >= 11 is 1.31. The third-order valence-electron chi connectivity index (χ3n) is 5.17. The Morgan fingerprint density at radius 1 is 1.00 bits per heavy atom. The van der Waals surface area contributed by atoms with E-state index in [-0.39, 0.29) is 0 Å². The maximum atomic E-state index is 12.8. The van der Waals surface area contributed by atoms with Crippen LogP contribution in [-0.4, -0.2) is 21.7 Å². The number of rotatable bonds is 4. The van der Waals surface area contributed by atoms with Crippen LogP contribution in [0.3, 0.4) is 0 Å². The molecule has 0 radical (unpaired) electrons. The summed E-state index contributed by atoms with van der Waals surface area (Å²) in [5.41, 5.74) is 7.29. The number of amides is 1. The van der Waals surface area contributed by atoms with Crippen LogP contribution in [0.15, 0.2) is 41.8 Å². The van der Waals surface area contributed by atoms with E-state index < -0.39 is 11.7 Å². The molecule has 6 heteroatoms. The zero-order valence-corrected chi connectivity index (χ0v) is 17.5. The van der Waals surface area contributed by atoms with Crippen LogP contribution in [0.4, 0.5) is 5.13 Å². The second kappa shape index (κ2) is 7.29. The minimum absolute atomic E-state index is 0.403. The Bertz CT molecular complexity index is 1270. The predicted molar refractivity (Wildman–Crippen MR) is 118 cm³/mol. The summed E-state index contributed by atoms with van der Waals surface area (Å²) in [7, 11) is 0. The number of hydrogen-bond donors (Lipinski definition) is 2. The van der Waals surface area contributed by atoms with Gasteiger partial charge in [-0.05, 0) is 56.5 Å². The van der Waals surface area contributed by atoms with Gasteiger partial charge in [0.2, 0.25) is 0 Å². The third-order valence-corrected chi connectivity index (χ3v) is 5.93. The first-order chi connectivity index (χ1) is 13.8. The van der Waals surface area contributed by atoms with E-state index in [2.05, 4.69) is 41.3 Å². The number of nitrogens with zero attached hydrogens (tertiary/aromatic N) is 1. The molecule has 5 nitrogen and oxygen atoms in total. The van der Waals surface area contributed by atoms with Crippen molar-refractivity contribution >= 4 is 39.1 Å². The summed E-state index contributed by atoms with van der Waals surface area (Å²) in [5.74, 6) is -1.25. The second-order valence-corrected chi connectivity index (χ2v) is 8.10. The maximum absolute atomic E-state index is 12.8. The SMILES string of the molecule is Cc1cc(C)c(-c2csc(NC(=O)C(=O)c3c(C)[nH]c4ccccc34)n2)cc1C. The zero-order chi connectivity index (χ0) is 20.7. The second-order valence-electron chi connectivity index (χ2n) is 7.24. The van der Waals surface area contributed by atoms with Gasteiger partial charge in [0.15, 0.2) is 5.13 Å². The number of hydrogen-bond acceptors (Lipinski definition) is 4. The predicted octanol–water partition coefficient (Wildman–Crippen LogP) is 5.35. The highest BCUT2D eigenvalue weighted by Gasteiger charge is 2.23. The fourth-order valence-electron chi connectivity index (χ4n) is 3.53. The summed E-state index contributed by atoms with van der Waals surface area (Å²) in [6, 6.07) is 11.7. The summed E-state index contributed by atoms with van der Waals surface area (Å²) in [6.45, 7) is 7.99. The number of para-hydroxylation sites is 1. The number of aromatic nitrogens is 2. The standard InChI is InChI=1S/C23H21N3O2S/c1-12-9-14(3)17(10-13(12)2)19-11-29-23(25-19)26-22(28)21(27)20-15(4)24-18-8-6-5-7-16(18)20/h5-11,24H,1-4H3,(H,25,26,28). The molecule has 0 unspecified atom stereocenters. The van der Waals surface area contributed by atoms with Gasteiger partial charge in [0.1, 0.15) is 0 Å². The van der Waals surface area contributed by atoms with Gasteiger partial charge in [-0.3, -0.25) is 14.9 Å². The van der Waals surface area contributed by atoms with Crippen LogP contribution in [0.2, 0.25) is 0 Å². The largest absolute Gasteiger partial charge is 0.358 e. The van der Waals surface area contributed by atoms with Crippen molar-refractivity contribution in [1.29, 1.82) is 0 Å². The molecule has 146 valence electrons. The Balaban J connectivity index is 1.59. The van der Waals surface area contributed by atoms with Gasteiger partial charge in [-0.25, -0.2) is 4.98 Å². The molecule has 0 spiro atoms. The van der Waals surface area contributed by atoms with Gasteiger partial charge >= 0.3 is 0 Å². The molecule has 0 fully saturated rings.